The Morgan fingerprint density at radius 2 is 1.96 bits per heavy atom. The summed E-state index contributed by atoms with van der Waals surface area (Å²) in [6, 6.07) is 3.73. The van der Waals surface area contributed by atoms with Crippen molar-refractivity contribution in [2.75, 3.05) is 13.2 Å². The Morgan fingerprint density at radius 3 is 2.65 bits per heavy atom. The molecule has 1 unspecified atom stereocenters. The molecule has 1 aromatic heterocycles. The molecule has 3 fully saturated rings. The SMILES string of the molecule is O=C(NCC1CCCO1)NC1CCC(n2nc(C3CC3)ccc2=O)CC1. The van der Waals surface area contributed by atoms with E-state index in [9.17, 15) is 9.59 Å². The summed E-state index contributed by atoms with van der Waals surface area (Å²) in [5.74, 6) is 0.549. The van der Waals surface area contributed by atoms with Gasteiger partial charge in [-0.25, -0.2) is 9.48 Å². The van der Waals surface area contributed by atoms with Crippen molar-refractivity contribution in [3.05, 3.63) is 28.2 Å². The summed E-state index contributed by atoms with van der Waals surface area (Å²) in [6.45, 7) is 1.38. The molecule has 4 rings (SSSR count). The highest BCUT2D eigenvalue weighted by molar-refractivity contribution is 5.74. The number of hydrogen-bond acceptors (Lipinski definition) is 4. The van der Waals surface area contributed by atoms with Crippen LogP contribution in [0.3, 0.4) is 0 Å². The van der Waals surface area contributed by atoms with Crippen LogP contribution in [0.2, 0.25) is 0 Å². The molecule has 3 aliphatic rings. The molecule has 1 aliphatic heterocycles. The number of nitrogens with one attached hydrogen (secondary N) is 2. The molecule has 7 heteroatoms. The molecule has 1 atom stereocenters. The van der Waals surface area contributed by atoms with Gasteiger partial charge in [0.1, 0.15) is 0 Å². The highest BCUT2D eigenvalue weighted by Crippen LogP contribution is 2.38. The van der Waals surface area contributed by atoms with Gasteiger partial charge in [-0.05, 0) is 57.4 Å². The Kier molecular flexibility index (Phi) is 5.24. The summed E-state index contributed by atoms with van der Waals surface area (Å²) in [5, 5.41) is 10.6. The van der Waals surface area contributed by atoms with Gasteiger partial charge in [-0.15, -0.1) is 0 Å². The highest BCUT2D eigenvalue weighted by atomic mass is 16.5. The fourth-order valence-corrected chi connectivity index (χ4v) is 4.01. The fraction of sp³-hybridized carbons (Fsp3) is 0.737. The first-order valence-corrected chi connectivity index (χ1v) is 9.95. The summed E-state index contributed by atoms with van der Waals surface area (Å²) in [5.41, 5.74) is 1.04. The predicted octanol–water partition coefficient (Wildman–Crippen LogP) is 2.08. The third kappa shape index (κ3) is 4.26. The molecule has 2 aliphatic carbocycles. The van der Waals surface area contributed by atoms with Crippen LogP contribution in [0.15, 0.2) is 16.9 Å². The van der Waals surface area contributed by atoms with Gasteiger partial charge < -0.3 is 15.4 Å². The molecule has 1 aromatic rings. The maximum atomic E-state index is 12.2. The molecular weight excluding hydrogens is 332 g/mol. The van der Waals surface area contributed by atoms with Crippen LogP contribution < -0.4 is 16.2 Å². The van der Waals surface area contributed by atoms with Gasteiger partial charge in [-0.2, -0.15) is 5.10 Å². The van der Waals surface area contributed by atoms with Crippen molar-refractivity contribution < 1.29 is 9.53 Å². The van der Waals surface area contributed by atoms with E-state index in [2.05, 4.69) is 15.7 Å². The molecule has 2 heterocycles. The van der Waals surface area contributed by atoms with E-state index >= 15 is 0 Å². The monoisotopic (exact) mass is 360 g/mol. The number of aromatic nitrogens is 2. The minimum atomic E-state index is -0.116. The Hall–Kier alpha value is -1.89. The number of hydrogen-bond donors (Lipinski definition) is 2. The molecule has 2 saturated carbocycles. The molecule has 2 amide bonds. The largest absolute Gasteiger partial charge is 0.376 e. The van der Waals surface area contributed by atoms with E-state index in [0.717, 1.165) is 50.8 Å². The topological polar surface area (TPSA) is 85.2 Å². The first-order valence-electron chi connectivity index (χ1n) is 9.95. The number of amides is 2. The molecule has 0 aromatic carbocycles. The van der Waals surface area contributed by atoms with E-state index in [1.807, 2.05) is 6.07 Å². The summed E-state index contributed by atoms with van der Waals surface area (Å²) in [7, 11) is 0. The lowest BCUT2D eigenvalue weighted by molar-refractivity contribution is 0.111. The molecular formula is C19H28N4O3. The molecule has 1 saturated heterocycles. The van der Waals surface area contributed by atoms with E-state index in [-0.39, 0.29) is 29.8 Å². The first kappa shape index (κ1) is 17.5. The van der Waals surface area contributed by atoms with Gasteiger partial charge in [-0.3, -0.25) is 4.79 Å². The third-order valence-electron chi connectivity index (χ3n) is 5.73. The van der Waals surface area contributed by atoms with Crippen LogP contribution in [-0.4, -0.2) is 41.1 Å². The van der Waals surface area contributed by atoms with Gasteiger partial charge >= 0.3 is 6.03 Å². The minimum Gasteiger partial charge on any atom is -0.376 e. The number of carbonyl (C=O) groups is 1. The van der Waals surface area contributed by atoms with Crippen molar-refractivity contribution in [1.29, 1.82) is 0 Å². The van der Waals surface area contributed by atoms with Crippen LogP contribution in [0.5, 0.6) is 0 Å². The minimum absolute atomic E-state index is 0.0138. The zero-order valence-electron chi connectivity index (χ0n) is 15.2. The van der Waals surface area contributed by atoms with Crippen molar-refractivity contribution >= 4 is 6.03 Å². The molecule has 0 radical (unpaired) electrons. The van der Waals surface area contributed by atoms with Crippen LogP contribution in [0, 0.1) is 0 Å². The zero-order chi connectivity index (χ0) is 17.9. The standard InChI is InChI=1S/C19H28N4O3/c24-18-10-9-17(13-3-4-13)22-23(18)15-7-5-14(6-8-15)21-19(25)20-12-16-2-1-11-26-16/h9-10,13-16H,1-8,11-12H2,(H2,20,21,25). The summed E-state index contributed by atoms with van der Waals surface area (Å²) >= 11 is 0. The number of carbonyl (C=O) groups excluding carboxylic acids is 1. The van der Waals surface area contributed by atoms with Gasteiger partial charge in [0.25, 0.3) is 5.56 Å². The van der Waals surface area contributed by atoms with E-state index in [1.54, 1.807) is 10.7 Å². The smallest absolute Gasteiger partial charge is 0.315 e. The average Bonchev–Trinajstić information content (AvgIpc) is 3.37. The van der Waals surface area contributed by atoms with Crippen molar-refractivity contribution in [3.8, 4) is 0 Å². The van der Waals surface area contributed by atoms with Crippen molar-refractivity contribution in [2.24, 2.45) is 0 Å². The fourth-order valence-electron chi connectivity index (χ4n) is 4.01. The Morgan fingerprint density at radius 1 is 1.15 bits per heavy atom. The summed E-state index contributed by atoms with van der Waals surface area (Å²) < 4.78 is 7.20. The van der Waals surface area contributed by atoms with E-state index in [0.29, 0.717) is 12.5 Å². The van der Waals surface area contributed by atoms with Crippen LogP contribution in [0.25, 0.3) is 0 Å². The molecule has 0 bridgehead atoms. The van der Waals surface area contributed by atoms with E-state index in [4.69, 9.17) is 4.74 Å². The van der Waals surface area contributed by atoms with Crippen molar-refractivity contribution in [1.82, 2.24) is 20.4 Å². The number of ether oxygens (including phenoxy) is 1. The van der Waals surface area contributed by atoms with Gasteiger partial charge in [0.05, 0.1) is 17.8 Å². The van der Waals surface area contributed by atoms with Crippen LogP contribution in [0.4, 0.5) is 4.79 Å². The van der Waals surface area contributed by atoms with Crippen LogP contribution >= 0.6 is 0 Å². The maximum absolute atomic E-state index is 12.2. The lowest BCUT2D eigenvalue weighted by Gasteiger charge is -2.29. The Balaban J connectivity index is 1.25. The van der Waals surface area contributed by atoms with Crippen LogP contribution in [0.1, 0.15) is 69.0 Å². The predicted molar refractivity (Wildman–Crippen MR) is 97.3 cm³/mol. The normalized spacial score (nSPS) is 28.7. The van der Waals surface area contributed by atoms with E-state index < -0.39 is 0 Å². The third-order valence-corrected chi connectivity index (χ3v) is 5.73. The maximum Gasteiger partial charge on any atom is 0.315 e. The second-order valence-electron chi connectivity index (χ2n) is 7.81. The van der Waals surface area contributed by atoms with Gasteiger partial charge in [0, 0.05) is 31.2 Å². The molecule has 26 heavy (non-hydrogen) atoms. The lowest BCUT2D eigenvalue weighted by Crippen LogP contribution is -2.46. The lowest BCUT2D eigenvalue weighted by atomic mass is 9.91. The molecule has 2 N–H and O–H groups in total. The first-order chi connectivity index (χ1) is 12.7. The summed E-state index contributed by atoms with van der Waals surface area (Å²) in [4.78, 5) is 24.2. The Labute approximate surface area is 153 Å². The van der Waals surface area contributed by atoms with E-state index in [1.165, 1.54) is 12.8 Å². The molecule has 7 nitrogen and oxygen atoms in total. The zero-order valence-corrected chi connectivity index (χ0v) is 15.2. The summed E-state index contributed by atoms with van der Waals surface area (Å²) in [6.07, 6.45) is 8.12. The quantitative estimate of drug-likeness (QED) is 0.842. The van der Waals surface area contributed by atoms with Gasteiger partial charge in [-0.1, -0.05) is 0 Å². The average molecular weight is 360 g/mol. The van der Waals surface area contributed by atoms with Crippen molar-refractivity contribution in [3.63, 3.8) is 0 Å². The second kappa shape index (κ2) is 7.78. The highest BCUT2D eigenvalue weighted by Gasteiger charge is 2.28. The van der Waals surface area contributed by atoms with Crippen LogP contribution in [-0.2, 0) is 4.74 Å². The van der Waals surface area contributed by atoms with Gasteiger partial charge in [0.2, 0.25) is 0 Å². The van der Waals surface area contributed by atoms with Gasteiger partial charge in [0.15, 0.2) is 0 Å². The number of nitrogens with zero attached hydrogens (tertiary/aromatic N) is 2. The number of rotatable bonds is 5. The molecule has 142 valence electrons. The second-order valence-corrected chi connectivity index (χ2v) is 7.81. The molecule has 0 spiro atoms. The Bertz CT molecular complexity index is 686. The number of urea groups is 1. The van der Waals surface area contributed by atoms with Crippen molar-refractivity contribution in [2.45, 2.75) is 75.5 Å².